The van der Waals surface area contributed by atoms with Crippen LogP contribution in [0, 0.1) is 34.0 Å². The van der Waals surface area contributed by atoms with Crippen molar-refractivity contribution in [1.29, 1.82) is 0 Å². The Morgan fingerprint density at radius 2 is 0.770 bits per heavy atom. The third-order valence-electron chi connectivity index (χ3n) is 17.7. The highest BCUT2D eigenvalue weighted by Gasteiger charge is 2.52. The summed E-state index contributed by atoms with van der Waals surface area (Å²) >= 11 is 0. The predicted octanol–water partition coefficient (Wildman–Crippen LogP) is 20.3. The van der Waals surface area contributed by atoms with Crippen LogP contribution in [0.2, 0.25) is 0 Å². The first-order valence-corrected chi connectivity index (χ1v) is 32.8. The van der Waals surface area contributed by atoms with Gasteiger partial charge in [-0.25, -0.2) is 0 Å². The maximum absolute atomic E-state index is 13.5. The second-order valence-corrected chi connectivity index (χ2v) is 25.8. The third-order valence-corrected chi connectivity index (χ3v) is 17.7. The molecule has 7 nitrogen and oxygen atoms in total. The van der Waals surface area contributed by atoms with Gasteiger partial charge in [0.05, 0.1) is 19.8 Å². The molecule has 7 heteroatoms. The van der Waals surface area contributed by atoms with Crippen LogP contribution >= 0.6 is 0 Å². The molecule has 74 heavy (non-hydrogen) atoms. The number of ether oxygens (including phenoxy) is 3. The maximum Gasteiger partial charge on any atom is 0.306 e. The Kier molecular flexibility index (Phi) is 44.0. The Morgan fingerprint density at radius 1 is 0.459 bits per heavy atom. The summed E-state index contributed by atoms with van der Waals surface area (Å²) in [7, 11) is 4.11. The Labute approximate surface area is 461 Å². The summed E-state index contributed by atoms with van der Waals surface area (Å²) in [5.74, 6) is 1.63. The molecule has 0 amide bonds. The molecule has 4 unspecified atom stereocenters. The molecule has 0 aliphatic heterocycles. The molecule has 2 aliphatic carbocycles. The number of hydrogen-bond acceptors (Lipinski definition) is 7. The molecule has 2 aliphatic rings. The fraction of sp³-hybridized carbons (Fsp3) is 0.955. The van der Waals surface area contributed by atoms with Gasteiger partial charge in [0.15, 0.2) is 0 Å². The van der Waals surface area contributed by atoms with E-state index < -0.39 is 0 Å². The normalized spacial score (nSPS) is 20.5. The van der Waals surface area contributed by atoms with E-state index in [1.54, 1.807) is 0 Å². The molecule has 0 radical (unpaired) electrons. The SMILES string of the molecule is CCCCCCCCCC(CCCCCCCCC)CC(=O)OCCCC1(C)CC2CC(C)(CCCOC=O)CC(CCCOC(=O)CC(CCCCCCCCC)CCCCCCCCC)(C2)C1.CCN(C)C. The minimum Gasteiger partial charge on any atom is -0.468 e. The van der Waals surface area contributed by atoms with Gasteiger partial charge in [-0.05, 0) is 151 Å². The topological polar surface area (TPSA) is 82.1 Å². The van der Waals surface area contributed by atoms with Crippen molar-refractivity contribution in [3.05, 3.63) is 0 Å². The molecule has 4 atom stereocenters. The fourth-order valence-corrected chi connectivity index (χ4v) is 13.8. The number of hydrogen-bond donors (Lipinski definition) is 0. The first kappa shape index (κ1) is 70.4. The Balaban J connectivity index is 0.00000520. The summed E-state index contributed by atoms with van der Waals surface area (Å²) in [4.78, 5) is 39.9. The molecule has 0 N–H and O–H groups in total. The molecular weight excluding hydrogens is 915 g/mol. The van der Waals surface area contributed by atoms with Gasteiger partial charge in [-0.1, -0.05) is 228 Å². The van der Waals surface area contributed by atoms with E-state index in [9.17, 15) is 14.4 Å². The summed E-state index contributed by atoms with van der Waals surface area (Å²) in [6, 6.07) is 0. The van der Waals surface area contributed by atoms with E-state index in [0.29, 0.717) is 56.9 Å². The first-order chi connectivity index (χ1) is 35.8. The van der Waals surface area contributed by atoms with Crippen LogP contribution in [0.5, 0.6) is 0 Å². The quantitative estimate of drug-likeness (QED) is 0.0260. The zero-order valence-corrected chi connectivity index (χ0v) is 51.4. The van der Waals surface area contributed by atoms with Crippen LogP contribution in [0.4, 0.5) is 0 Å². The second-order valence-electron chi connectivity index (χ2n) is 25.8. The lowest BCUT2D eigenvalue weighted by Crippen LogP contribution is -2.47. The van der Waals surface area contributed by atoms with Gasteiger partial charge in [-0.2, -0.15) is 0 Å². The van der Waals surface area contributed by atoms with Crippen LogP contribution in [-0.4, -0.2) is 63.8 Å². The van der Waals surface area contributed by atoms with Crippen molar-refractivity contribution in [3.8, 4) is 0 Å². The van der Waals surface area contributed by atoms with Crippen LogP contribution < -0.4 is 0 Å². The number of fused-ring (bicyclic) bond motifs is 2. The van der Waals surface area contributed by atoms with E-state index in [1.807, 2.05) is 0 Å². The smallest absolute Gasteiger partial charge is 0.306 e. The summed E-state index contributed by atoms with van der Waals surface area (Å²) in [5.41, 5.74) is 0.655. The van der Waals surface area contributed by atoms with Crippen LogP contribution in [0.3, 0.4) is 0 Å². The van der Waals surface area contributed by atoms with Crippen molar-refractivity contribution in [2.45, 2.75) is 337 Å². The molecule has 0 aromatic heterocycles. The number of carbonyl (C=O) groups is 3. The molecule has 0 aromatic rings. The molecule has 2 rings (SSSR count). The van der Waals surface area contributed by atoms with E-state index in [2.05, 4.69) is 67.5 Å². The lowest BCUT2D eigenvalue weighted by atomic mass is 9.47. The average molecular weight is 1040 g/mol. The third kappa shape index (κ3) is 38.0. The molecular formula is C67H129NO6. The van der Waals surface area contributed by atoms with E-state index in [1.165, 1.54) is 225 Å². The monoisotopic (exact) mass is 1040 g/mol. The Morgan fingerprint density at radius 3 is 1.09 bits per heavy atom. The number of rotatable bonds is 50. The molecule has 2 saturated carbocycles. The predicted molar refractivity (Wildman–Crippen MR) is 318 cm³/mol. The lowest BCUT2D eigenvalue weighted by Gasteiger charge is -2.58. The Bertz CT molecular complexity index is 1270. The van der Waals surface area contributed by atoms with Gasteiger partial charge in [0, 0.05) is 12.8 Å². The Hall–Kier alpha value is -1.63. The van der Waals surface area contributed by atoms with E-state index in [4.69, 9.17) is 14.2 Å². The summed E-state index contributed by atoms with van der Waals surface area (Å²) in [5, 5.41) is 0. The summed E-state index contributed by atoms with van der Waals surface area (Å²) in [6.45, 7) is 19.6. The highest BCUT2D eigenvalue weighted by Crippen LogP contribution is 2.64. The summed E-state index contributed by atoms with van der Waals surface area (Å²) in [6.07, 6.45) is 54.9. The fourth-order valence-electron chi connectivity index (χ4n) is 13.8. The van der Waals surface area contributed by atoms with Crippen molar-refractivity contribution < 1.29 is 28.6 Å². The van der Waals surface area contributed by atoms with Gasteiger partial charge in [0.2, 0.25) is 0 Å². The zero-order chi connectivity index (χ0) is 54.4. The molecule has 0 saturated heterocycles. The highest BCUT2D eigenvalue weighted by atomic mass is 16.5. The highest BCUT2D eigenvalue weighted by molar-refractivity contribution is 5.70. The van der Waals surface area contributed by atoms with Gasteiger partial charge >= 0.3 is 11.9 Å². The van der Waals surface area contributed by atoms with Crippen LogP contribution in [0.1, 0.15) is 337 Å². The van der Waals surface area contributed by atoms with Gasteiger partial charge in [-0.3, -0.25) is 14.4 Å². The molecule has 0 spiro atoms. The molecule has 438 valence electrons. The average Bonchev–Trinajstić information content (AvgIpc) is 3.36. The maximum atomic E-state index is 13.5. The van der Waals surface area contributed by atoms with E-state index >= 15 is 0 Å². The molecule has 0 heterocycles. The van der Waals surface area contributed by atoms with E-state index in [0.717, 1.165) is 57.9 Å². The van der Waals surface area contributed by atoms with Gasteiger partial charge in [0.25, 0.3) is 6.47 Å². The largest absolute Gasteiger partial charge is 0.468 e. The molecule has 0 aromatic carbocycles. The number of carbonyl (C=O) groups excluding carboxylic acids is 3. The van der Waals surface area contributed by atoms with Gasteiger partial charge in [0.1, 0.15) is 0 Å². The van der Waals surface area contributed by atoms with Crippen molar-refractivity contribution in [3.63, 3.8) is 0 Å². The van der Waals surface area contributed by atoms with Crippen LogP contribution in [0.25, 0.3) is 0 Å². The van der Waals surface area contributed by atoms with Gasteiger partial charge in [-0.15, -0.1) is 0 Å². The van der Waals surface area contributed by atoms with Crippen molar-refractivity contribution in [2.24, 2.45) is 34.0 Å². The standard InChI is InChI=1S/C63H118O6.C4H11N/c1-7-11-15-19-23-27-31-38-56(39-32-28-24-20-16-12-8-2)48-59(65)68-46-36-43-62(6)51-58-50-61(5,42-35-45-67-55-64)53-63(52-58,54-62)44-37-47-69-60(66)49-57(40-33-29-25-21-17-13-9-3)41-34-30-26-22-18-14-10-4;1-4-5(2)3/h55-58H,7-54H2,1-6H3;4H2,1-3H3. The first-order valence-electron chi connectivity index (χ1n) is 32.8. The lowest BCUT2D eigenvalue weighted by molar-refractivity contribution is -0.146. The second kappa shape index (κ2) is 46.3. The minimum atomic E-state index is 0.0230. The summed E-state index contributed by atoms with van der Waals surface area (Å²) < 4.78 is 17.3. The minimum absolute atomic E-state index is 0.0230. The van der Waals surface area contributed by atoms with E-state index in [-0.39, 0.29) is 28.2 Å². The molecule has 2 fully saturated rings. The molecule has 2 bridgehead atoms. The number of unbranched alkanes of at least 4 members (excludes halogenated alkanes) is 24. The van der Waals surface area contributed by atoms with Crippen molar-refractivity contribution in [2.75, 3.05) is 40.5 Å². The van der Waals surface area contributed by atoms with Crippen molar-refractivity contribution >= 4 is 18.4 Å². The number of nitrogens with zero attached hydrogens (tertiary/aromatic N) is 1. The van der Waals surface area contributed by atoms with Gasteiger partial charge < -0.3 is 19.1 Å². The van der Waals surface area contributed by atoms with Crippen molar-refractivity contribution in [1.82, 2.24) is 4.90 Å². The number of esters is 2. The zero-order valence-electron chi connectivity index (χ0n) is 51.4. The van der Waals surface area contributed by atoms with Crippen LogP contribution in [0.15, 0.2) is 0 Å². The van der Waals surface area contributed by atoms with Crippen LogP contribution in [-0.2, 0) is 28.6 Å².